The zero-order chi connectivity index (χ0) is 14.7. The smallest absolute Gasteiger partial charge is 0.227 e. The fraction of sp³-hybridized carbons (Fsp3) is 0.562. The predicted octanol–water partition coefficient (Wildman–Crippen LogP) is 1.71. The van der Waals surface area contributed by atoms with E-state index in [9.17, 15) is 4.79 Å². The zero-order valence-electron chi connectivity index (χ0n) is 12.9. The second-order valence-electron chi connectivity index (χ2n) is 5.89. The normalized spacial score (nSPS) is 21.8. The van der Waals surface area contributed by atoms with Crippen molar-refractivity contribution < 1.29 is 4.79 Å². The molecule has 1 fully saturated rings. The van der Waals surface area contributed by atoms with Crippen molar-refractivity contribution >= 4 is 11.6 Å². The van der Waals surface area contributed by atoms with Crippen LogP contribution in [-0.4, -0.2) is 44.5 Å². The second kappa shape index (κ2) is 6.27. The molecular weight excluding hydrogens is 250 g/mol. The van der Waals surface area contributed by atoms with Crippen molar-refractivity contribution in [3.63, 3.8) is 0 Å². The molecule has 1 heterocycles. The summed E-state index contributed by atoms with van der Waals surface area (Å²) in [5.41, 5.74) is 2.35. The molecule has 0 radical (unpaired) electrons. The Bertz CT molecular complexity index is 455. The summed E-state index contributed by atoms with van der Waals surface area (Å²) < 4.78 is 0. The number of nitrogens with zero attached hydrogens (tertiary/aromatic N) is 2. The van der Waals surface area contributed by atoms with Gasteiger partial charge in [-0.3, -0.25) is 4.79 Å². The van der Waals surface area contributed by atoms with Crippen molar-refractivity contribution in [1.29, 1.82) is 0 Å². The van der Waals surface area contributed by atoms with Crippen LogP contribution >= 0.6 is 0 Å². The molecule has 0 aliphatic carbocycles. The minimum atomic E-state index is 0.126. The molecule has 20 heavy (non-hydrogen) atoms. The summed E-state index contributed by atoms with van der Waals surface area (Å²) in [6.07, 6.45) is 0.948. The standard InChI is InChI=1S/C16H25N3O/c1-12-15(9-10-17-12)16(20)19(4)11-13-5-7-14(8-6-13)18(2)3/h5-8,12,15,17H,9-11H2,1-4H3. The number of anilines is 1. The summed E-state index contributed by atoms with van der Waals surface area (Å²) in [5.74, 6) is 0.375. The highest BCUT2D eigenvalue weighted by Crippen LogP contribution is 2.19. The summed E-state index contributed by atoms with van der Waals surface area (Å²) in [6.45, 7) is 3.72. The second-order valence-corrected chi connectivity index (χ2v) is 5.89. The lowest BCUT2D eigenvalue weighted by Gasteiger charge is -2.23. The first kappa shape index (κ1) is 14.9. The molecular formula is C16H25N3O. The quantitative estimate of drug-likeness (QED) is 0.908. The Hall–Kier alpha value is -1.55. The fourth-order valence-corrected chi connectivity index (χ4v) is 2.73. The number of carbonyl (C=O) groups excluding carboxylic acids is 1. The summed E-state index contributed by atoms with van der Waals surface area (Å²) in [4.78, 5) is 16.3. The number of amides is 1. The highest BCUT2D eigenvalue weighted by Gasteiger charge is 2.31. The van der Waals surface area contributed by atoms with Gasteiger partial charge in [0.2, 0.25) is 5.91 Å². The van der Waals surface area contributed by atoms with Crippen LogP contribution in [0.15, 0.2) is 24.3 Å². The maximum Gasteiger partial charge on any atom is 0.227 e. The molecule has 0 spiro atoms. The van der Waals surface area contributed by atoms with Gasteiger partial charge in [0, 0.05) is 39.4 Å². The zero-order valence-corrected chi connectivity index (χ0v) is 12.9. The van der Waals surface area contributed by atoms with Gasteiger partial charge in [-0.15, -0.1) is 0 Å². The van der Waals surface area contributed by atoms with Gasteiger partial charge in [0.1, 0.15) is 0 Å². The number of benzene rings is 1. The minimum absolute atomic E-state index is 0.126. The van der Waals surface area contributed by atoms with E-state index in [4.69, 9.17) is 0 Å². The van der Waals surface area contributed by atoms with Crippen molar-refractivity contribution in [2.45, 2.75) is 25.9 Å². The van der Waals surface area contributed by atoms with Crippen molar-refractivity contribution in [2.75, 3.05) is 32.6 Å². The fourth-order valence-electron chi connectivity index (χ4n) is 2.73. The SMILES string of the molecule is CC1NCCC1C(=O)N(C)Cc1ccc(N(C)C)cc1. The predicted molar refractivity (Wildman–Crippen MR) is 82.8 cm³/mol. The average Bonchev–Trinajstić information content (AvgIpc) is 2.84. The molecule has 0 bridgehead atoms. The van der Waals surface area contributed by atoms with Gasteiger partial charge in [-0.2, -0.15) is 0 Å². The largest absolute Gasteiger partial charge is 0.378 e. The molecule has 1 aromatic carbocycles. The van der Waals surface area contributed by atoms with Gasteiger partial charge in [-0.1, -0.05) is 12.1 Å². The molecule has 1 aromatic rings. The molecule has 2 unspecified atom stereocenters. The Morgan fingerprint density at radius 3 is 2.40 bits per heavy atom. The molecule has 4 heteroatoms. The first-order valence-corrected chi connectivity index (χ1v) is 7.23. The van der Waals surface area contributed by atoms with Crippen LogP contribution in [0.1, 0.15) is 18.9 Å². The van der Waals surface area contributed by atoms with E-state index in [0.717, 1.165) is 13.0 Å². The molecule has 2 rings (SSSR count). The molecule has 1 N–H and O–H groups in total. The lowest BCUT2D eigenvalue weighted by Crippen LogP contribution is -2.37. The summed E-state index contributed by atoms with van der Waals surface area (Å²) >= 11 is 0. The van der Waals surface area contributed by atoms with Gasteiger partial charge < -0.3 is 15.1 Å². The highest BCUT2D eigenvalue weighted by molar-refractivity contribution is 5.79. The van der Waals surface area contributed by atoms with E-state index in [1.54, 1.807) is 0 Å². The molecule has 4 nitrogen and oxygen atoms in total. The van der Waals surface area contributed by atoms with Crippen LogP contribution in [0.25, 0.3) is 0 Å². The average molecular weight is 275 g/mol. The maximum absolute atomic E-state index is 12.4. The Balaban J connectivity index is 1.96. The van der Waals surface area contributed by atoms with Crippen LogP contribution in [0, 0.1) is 5.92 Å². The first-order chi connectivity index (χ1) is 9.49. The lowest BCUT2D eigenvalue weighted by molar-refractivity contribution is -0.134. The molecule has 1 amide bonds. The maximum atomic E-state index is 12.4. The van der Waals surface area contributed by atoms with Gasteiger partial charge in [0.15, 0.2) is 0 Å². The lowest BCUT2D eigenvalue weighted by atomic mass is 10.0. The third-order valence-electron chi connectivity index (χ3n) is 4.09. The van der Waals surface area contributed by atoms with E-state index in [0.29, 0.717) is 12.6 Å². The first-order valence-electron chi connectivity index (χ1n) is 7.23. The molecule has 0 aromatic heterocycles. The summed E-state index contributed by atoms with van der Waals surface area (Å²) in [7, 11) is 5.95. The third-order valence-corrected chi connectivity index (χ3v) is 4.09. The van der Waals surface area contributed by atoms with E-state index in [1.165, 1.54) is 11.3 Å². The van der Waals surface area contributed by atoms with Crippen molar-refractivity contribution in [3.05, 3.63) is 29.8 Å². The van der Waals surface area contributed by atoms with Crippen LogP contribution in [0.4, 0.5) is 5.69 Å². The monoisotopic (exact) mass is 275 g/mol. The van der Waals surface area contributed by atoms with E-state index in [1.807, 2.05) is 26.0 Å². The van der Waals surface area contributed by atoms with E-state index < -0.39 is 0 Å². The molecule has 2 atom stereocenters. The Morgan fingerprint density at radius 1 is 1.25 bits per heavy atom. The molecule has 1 saturated heterocycles. The Kier molecular flexibility index (Phi) is 4.65. The topological polar surface area (TPSA) is 35.6 Å². The van der Waals surface area contributed by atoms with Gasteiger partial charge in [0.05, 0.1) is 5.92 Å². The van der Waals surface area contributed by atoms with Gasteiger partial charge in [-0.05, 0) is 37.6 Å². The molecule has 1 aliphatic rings. The molecule has 0 saturated carbocycles. The minimum Gasteiger partial charge on any atom is -0.378 e. The number of hydrogen-bond donors (Lipinski definition) is 1. The number of hydrogen-bond acceptors (Lipinski definition) is 3. The van der Waals surface area contributed by atoms with Crippen molar-refractivity contribution in [3.8, 4) is 0 Å². The number of rotatable bonds is 4. The number of nitrogens with one attached hydrogen (secondary N) is 1. The summed E-state index contributed by atoms with van der Waals surface area (Å²) in [6, 6.07) is 8.66. The summed E-state index contributed by atoms with van der Waals surface area (Å²) in [5, 5.41) is 3.34. The molecule has 1 aliphatic heterocycles. The highest BCUT2D eigenvalue weighted by atomic mass is 16.2. The van der Waals surface area contributed by atoms with Crippen molar-refractivity contribution in [2.24, 2.45) is 5.92 Å². The van der Waals surface area contributed by atoms with E-state index >= 15 is 0 Å². The van der Waals surface area contributed by atoms with Gasteiger partial charge in [0.25, 0.3) is 0 Å². The van der Waals surface area contributed by atoms with Crippen LogP contribution in [0.3, 0.4) is 0 Å². The van der Waals surface area contributed by atoms with Crippen LogP contribution in [0.2, 0.25) is 0 Å². The van der Waals surface area contributed by atoms with Crippen LogP contribution in [-0.2, 0) is 11.3 Å². The van der Waals surface area contributed by atoms with Crippen molar-refractivity contribution in [1.82, 2.24) is 10.2 Å². The third kappa shape index (κ3) is 3.31. The van der Waals surface area contributed by atoms with E-state index in [-0.39, 0.29) is 11.8 Å². The number of carbonyl (C=O) groups is 1. The Morgan fingerprint density at radius 2 is 1.90 bits per heavy atom. The Labute approximate surface area is 121 Å². The molecule has 110 valence electrons. The van der Waals surface area contributed by atoms with Crippen LogP contribution in [0.5, 0.6) is 0 Å². The van der Waals surface area contributed by atoms with Crippen LogP contribution < -0.4 is 10.2 Å². The van der Waals surface area contributed by atoms with Gasteiger partial charge in [-0.25, -0.2) is 0 Å². The van der Waals surface area contributed by atoms with E-state index in [2.05, 4.69) is 41.4 Å². The van der Waals surface area contributed by atoms with Gasteiger partial charge >= 0.3 is 0 Å².